The van der Waals surface area contributed by atoms with Gasteiger partial charge in [-0.25, -0.2) is 0 Å². The van der Waals surface area contributed by atoms with Crippen molar-refractivity contribution in [3.63, 3.8) is 0 Å². The molecule has 0 radical (unpaired) electrons. The summed E-state index contributed by atoms with van der Waals surface area (Å²) in [5.74, 6) is 0.602. The second kappa shape index (κ2) is 6.08. The van der Waals surface area contributed by atoms with Crippen LogP contribution in [0.3, 0.4) is 0 Å². The van der Waals surface area contributed by atoms with Crippen molar-refractivity contribution in [1.29, 1.82) is 0 Å². The second-order valence-corrected chi connectivity index (χ2v) is 4.67. The van der Waals surface area contributed by atoms with Gasteiger partial charge in [0.2, 0.25) is 0 Å². The summed E-state index contributed by atoms with van der Waals surface area (Å²) in [7, 11) is 1.59. The molecule has 2 rings (SSSR count). The normalized spacial score (nSPS) is 11.3. The lowest BCUT2D eigenvalue weighted by Crippen LogP contribution is -2.17. The topological polar surface area (TPSA) is 18.5 Å². The largest absolute Gasteiger partial charge is 0.573 e. The van der Waals surface area contributed by atoms with Crippen LogP contribution in [0.2, 0.25) is 0 Å². The average molecular weight is 296 g/mol. The molecule has 0 atom stereocenters. The highest BCUT2D eigenvalue weighted by atomic mass is 19.4. The Morgan fingerprint density at radius 2 is 1.57 bits per heavy atom. The monoisotopic (exact) mass is 296 g/mol. The van der Waals surface area contributed by atoms with Gasteiger partial charge in [-0.2, -0.15) is 0 Å². The number of methoxy groups -OCH3 is 1. The van der Waals surface area contributed by atoms with Crippen LogP contribution in [0.15, 0.2) is 42.5 Å². The number of benzene rings is 2. The molecule has 0 saturated carbocycles. The van der Waals surface area contributed by atoms with E-state index in [2.05, 4.69) is 4.74 Å². The Kier molecular flexibility index (Phi) is 4.40. The minimum atomic E-state index is -4.66. The first-order valence-electron chi connectivity index (χ1n) is 6.35. The Morgan fingerprint density at radius 1 is 0.952 bits per heavy atom. The molecule has 0 amide bonds. The molecule has 0 bridgehead atoms. The standard InChI is InChI=1S/C16H15F3O2/c1-11-9-13(5-8-15(11)21-16(17,18)19)10-12-3-6-14(20-2)7-4-12/h3-9H,10H2,1-2H3. The van der Waals surface area contributed by atoms with Gasteiger partial charge in [0.1, 0.15) is 11.5 Å². The molecule has 0 aliphatic heterocycles. The van der Waals surface area contributed by atoms with Crippen LogP contribution in [0.5, 0.6) is 11.5 Å². The smallest absolute Gasteiger partial charge is 0.497 e. The summed E-state index contributed by atoms with van der Waals surface area (Å²) in [6, 6.07) is 12.2. The lowest BCUT2D eigenvalue weighted by molar-refractivity contribution is -0.274. The Hall–Kier alpha value is -2.17. The van der Waals surface area contributed by atoms with Crippen molar-refractivity contribution in [3.8, 4) is 11.5 Å². The number of hydrogen-bond acceptors (Lipinski definition) is 2. The van der Waals surface area contributed by atoms with E-state index in [0.717, 1.165) is 16.9 Å². The van der Waals surface area contributed by atoms with Gasteiger partial charge < -0.3 is 9.47 Å². The summed E-state index contributed by atoms with van der Waals surface area (Å²) in [5.41, 5.74) is 2.44. The Morgan fingerprint density at radius 3 is 2.10 bits per heavy atom. The van der Waals surface area contributed by atoms with E-state index in [4.69, 9.17) is 4.74 Å². The third-order valence-corrected chi connectivity index (χ3v) is 3.03. The molecule has 5 heteroatoms. The van der Waals surface area contributed by atoms with Crippen molar-refractivity contribution in [2.45, 2.75) is 19.7 Å². The molecule has 21 heavy (non-hydrogen) atoms. The molecule has 0 heterocycles. The maximum absolute atomic E-state index is 12.2. The first-order valence-corrected chi connectivity index (χ1v) is 6.35. The fourth-order valence-electron chi connectivity index (χ4n) is 2.04. The summed E-state index contributed by atoms with van der Waals surface area (Å²) in [5, 5.41) is 0. The van der Waals surface area contributed by atoms with E-state index in [-0.39, 0.29) is 5.75 Å². The number of aryl methyl sites for hydroxylation is 1. The van der Waals surface area contributed by atoms with Crippen molar-refractivity contribution in [2.75, 3.05) is 7.11 Å². The Balaban J connectivity index is 2.12. The number of hydrogen-bond donors (Lipinski definition) is 0. The van der Waals surface area contributed by atoms with Crippen molar-refractivity contribution in [3.05, 3.63) is 59.2 Å². The van der Waals surface area contributed by atoms with Gasteiger partial charge in [-0.05, 0) is 48.2 Å². The Bertz CT molecular complexity index is 604. The predicted octanol–water partition coefficient (Wildman–Crippen LogP) is 4.49. The summed E-state index contributed by atoms with van der Waals surface area (Å²) in [6.45, 7) is 1.60. The minimum Gasteiger partial charge on any atom is -0.497 e. The molecule has 0 fully saturated rings. The zero-order valence-corrected chi connectivity index (χ0v) is 11.7. The van der Waals surface area contributed by atoms with Gasteiger partial charge in [0, 0.05) is 0 Å². The minimum absolute atomic E-state index is 0.166. The van der Waals surface area contributed by atoms with Crippen LogP contribution < -0.4 is 9.47 Å². The van der Waals surface area contributed by atoms with Gasteiger partial charge in [0.25, 0.3) is 0 Å². The highest BCUT2D eigenvalue weighted by Crippen LogP contribution is 2.27. The first kappa shape index (κ1) is 15.2. The van der Waals surface area contributed by atoms with Gasteiger partial charge in [0.05, 0.1) is 7.11 Å². The molecule has 2 nitrogen and oxygen atoms in total. The number of ether oxygens (including phenoxy) is 2. The molecule has 0 aliphatic carbocycles. The van der Waals surface area contributed by atoms with E-state index < -0.39 is 6.36 Å². The van der Waals surface area contributed by atoms with Crippen LogP contribution >= 0.6 is 0 Å². The van der Waals surface area contributed by atoms with Crippen molar-refractivity contribution in [1.82, 2.24) is 0 Å². The van der Waals surface area contributed by atoms with Gasteiger partial charge in [-0.15, -0.1) is 13.2 Å². The number of rotatable bonds is 4. The number of halogens is 3. The molecule has 2 aromatic carbocycles. The van der Waals surface area contributed by atoms with Crippen LogP contribution in [0.25, 0.3) is 0 Å². The molecule has 0 unspecified atom stereocenters. The third-order valence-electron chi connectivity index (χ3n) is 3.03. The van der Waals surface area contributed by atoms with Gasteiger partial charge in [-0.3, -0.25) is 0 Å². The molecule has 0 aromatic heterocycles. The van der Waals surface area contributed by atoms with Crippen molar-refractivity contribution < 1.29 is 22.6 Å². The molecular weight excluding hydrogens is 281 g/mol. The highest BCUT2D eigenvalue weighted by Gasteiger charge is 2.31. The van der Waals surface area contributed by atoms with Crippen LogP contribution in [0.1, 0.15) is 16.7 Å². The highest BCUT2D eigenvalue weighted by molar-refractivity contribution is 5.39. The van der Waals surface area contributed by atoms with Crippen LogP contribution in [-0.2, 0) is 6.42 Å². The quantitative estimate of drug-likeness (QED) is 0.827. The SMILES string of the molecule is COc1ccc(Cc2ccc(OC(F)(F)F)c(C)c2)cc1. The third kappa shape index (κ3) is 4.41. The maximum atomic E-state index is 12.2. The molecule has 0 spiro atoms. The molecule has 0 N–H and O–H groups in total. The summed E-state index contributed by atoms with van der Waals surface area (Å²) in [4.78, 5) is 0. The Labute approximate surface area is 121 Å². The molecule has 0 saturated heterocycles. The fraction of sp³-hybridized carbons (Fsp3) is 0.250. The predicted molar refractivity (Wildman–Crippen MR) is 73.7 cm³/mol. The van der Waals surface area contributed by atoms with Gasteiger partial charge in [-0.1, -0.05) is 24.3 Å². The van der Waals surface area contributed by atoms with E-state index in [1.54, 1.807) is 26.2 Å². The number of alkyl halides is 3. The zero-order valence-electron chi connectivity index (χ0n) is 11.7. The van der Waals surface area contributed by atoms with E-state index >= 15 is 0 Å². The van der Waals surface area contributed by atoms with Gasteiger partial charge in [0.15, 0.2) is 0 Å². The maximum Gasteiger partial charge on any atom is 0.573 e. The van der Waals surface area contributed by atoms with Gasteiger partial charge >= 0.3 is 6.36 Å². The molecule has 2 aromatic rings. The molecule has 0 aliphatic rings. The van der Waals surface area contributed by atoms with E-state index in [1.165, 1.54) is 6.07 Å². The van der Waals surface area contributed by atoms with E-state index in [0.29, 0.717) is 12.0 Å². The molecule has 112 valence electrons. The molecular formula is C16H15F3O2. The lowest BCUT2D eigenvalue weighted by atomic mass is 10.0. The van der Waals surface area contributed by atoms with E-state index in [1.807, 2.05) is 24.3 Å². The van der Waals surface area contributed by atoms with Crippen LogP contribution in [0, 0.1) is 6.92 Å². The fourth-order valence-corrected chi connectivity index (χ4v) is 2.04. The van der Waals surface area contributed by atoms with Crippen LogP contribution in [-0.4, -0.2) is 13.5 Å². The lowest BCUT2D eigenvalue weighted by Gasteiger charge is -2.12. The van der Waals surface area contributed by atoms with Crippen LogP contribution in [0.4, 0.5) is 13.2 Å². The van der Waals surface area contributed by atoms with Crippen molar-refractivity contribution in [2.24, 2.45) is 0 Å². The average Bonchev–Trinajstić information content (AvgIpc) is 2.41. The first-order chi connectivity index (χ1) is 9.87. The summed E-state index contributed by atoms with van der Waals surface area (Å²) in [6.07, 6.45) is -4.03. The second-order valence-electron chi connectivity index (χ2n) is 4.67. The summed E-state index contributed by atoms with van der Waals surface area (Å²) >= 11 is 0. The van der Waals surface area contributed by atoms with E-state index in [9.17, 15) is 13.2 Å². The zero-order chi connectivity index (χ0) is 15.5. The summed E-state index contributed by atoms with van der Waals surface area (Å²) < 4.78 is 45.6. The van der Waals surface area contributed by atoms with Crippen molar-refractivity contribution >= 4 is 0 Å².